The van der Waals surface area contributed by atoms with Crippen molar-refractivity contribution in [2.75, 3.05) is 37.6 Å². The summed E-state index contributed by atoms with van der Waals surface area (Å²) in [6.45, 7) is 6.61. The lowest BCUT2D eigenvalue weighted by atomic mass is 10.1. The highest BCUT2D eigenvalue weighted by atomic mass is 32.1. The summed E-state index contributed by atoms with van der Waals surface area (Å²) >= 11 is 1.42. The Hall–Kier alpha value is -2.46. The van der Waals surface area contributed by atoms with Gasteiger partial charge in [-0.05, 0) is 25.1 Å². The summed E-state index contributed by atoms with van der Waals surface area (Å²) in [6.07, 6.45) is -4.48. The number of aromatic nitrogens is 1. The molecule has 0 N–H and O–H groups in total. The first-order valence-electron chi connectivity index (χ1n) is 9.60. The van der Waals surface area contributed by atoms with Crippen LogP contribution in [0.5, 0.6) is 0 Å². The maximum atomic E-state index is 12.9. The number of thiazole rings is 1. The fourth-order valence-electron chi connectivity index (χ4n) is 3.33. The van der Waals surface area contributed by atoms with Crippen LogP contribution in [-0.4, -0.2) is 59.3 Å². The number of hydrogen-bond acceptors (Lipinski definition) is 5. The number of benzene rings is 1. The van der Waals surface area contributed by atoms with Gasteiger partial charge in [-0.25, -0.2) is 4.98 Å². The van der Waals surface area contributed by atoms with Gasteiger partial charge in [0.05, 0.1) is 11.3 Å². The van der Waals surface area contributed by atoms with Crippen molar-refractivity contribution in [3.63, 3.8) is 0 Å². The number of alkyl halides is 3. The van der Waals surface area contributed by atoms with Gasteiger partial charge < -0.3 is 4.90 Å². The van der Waals surface area contributed by atoms with Crippen molar-refractivity contribution >= 4 is 28.3 Å². The van der Waals surface area contributed by atoms with E-state index < -0.39 is 17.6 Å². The number of rotatable bonds is 5. The molecular formula is C20H23F3N4O2S. The predicted molar refractivity (Wildman–Crippen MR) is 108 cm³/mol. The highest BCUT2D eigenvalue weighted by molar-refractivity contribution is 7.14. The van der Waals surface area contributed by atoms with E-state index in [1.54, 1.807) is 9.80 Å². The summed E-state index contributed by atoms with van der Waals surface area (Å²) in [5, 5.41) is 2.58. The quantitative estimate of drug-likeness (QED) is 0.714. The molecular weight excluding hydrogens is 417 g/mol. The van der Waals surface area contributed by atoms with Gasteiger partial charge in [0, 0.05) is 57.1 Å². The van der Waals surface area contributed by atoms with Crippen molar-refractivity contribution in [1.29, 1.82) is 0 Å². The van der Waals surface area contributed by atoms with E-state index in [1.807, 2.05) is 12.3 Å². The maximum absolute atomic E-state index is 12.9. The number of carbonyl (C=O) groups is 2. The van der Waals surface area contributed by atoms with Crippen LogP contribution >= 0.6 is 11.3 Å². The summed E-state index contributed by atoms with van der Waals surface area (Å²) in [7, 11) is 0. The van der Waals surface area contributed by atoms with Crippen LogP contribution in [0.15, 0.2) is 29.6 Å². The van der Waals surface area contributed by atoms with Gasteiger partial charge in [0.15, 0.2) is 5.13 Å². The second kappa shape index (κ2) is 9.13. The number of carbonyl (C=O) groups excluding carboxylic acids is 2. The van der Waals surface area contributed by atoms with E-state index in [9.17, 15) is 22.8 Å². The summed E-state index contributed by atoms with van der Waals surface area (Å²) in [4.78, 5) is 34.1. The monoisotopic (exact) mass is 440 g/mol. The Morgan fingerprint density at radius 3 is 2.50 bits per heavy atom. The zero-order valence-corrected chi connectivity index (χ0v) is 17.6. The molecule has 2 amide bonds. The third-order valence-electron chi connectivity index (χ3n) is 4.95. The van der Waals surface area contributed by atoms with Gasteiger partial charge in [-0.15, -0.1) is 11.3 Å². The molecule has 0 atom stereocenters. The second-order valence-electron chi connectivity index (χ2n) is 7.03. The van der Waals surface area contributed by atoms with Crippen LogP contribution in [-0.2, 0) is 17.5 Å². The van der Waals surface area contributed by atoms with Gasteiger partial charge in [0.2, 0.25) is 5.91 Å². The molecule has 2 heterocycles. The Kier molecular flexibility index (Phi) is 6.77. The fourth-order valence-corrected chi connectivity index (χ4v) is 4.26. The Bertz CT molecular complexity index is 907. The first-order valence-corrected chi connectivity index (χ1v) is 10.5. The molecule has 0 spiro atoms. The molecule has 1 aromatic heterocycles. The van der Waals surface area contributed by atoms with E-state index in [2.05, 4.69) is 9.88 Å². The van der Waals surface area contributed by atoms with E-state index in [1.165, 1.54) is 30.4 Å². The van der Waals surface area contributed by atoms with Crippen molar-refractivity contribution in [3.05, 3.63) is 46.5 Å². The van der Waals surface area contributed by atoms with Crippen LogP contribution in [0.25, 0.3) is 0 Å². The van der Waals surface area contributed by atoms with Crippen molar-refractivity contribution in [1.82, 2.24) is 14.8 Å². The molecule has 3 rings (SSSR count). The average molecular weight is 440 g/mol. The van der Waals surface area contributed by atoms with Crippen LogP contribution < -0.4 is 4.90 Å². The Labute approximate surface area is 176 Å². The number of halogens is 3. The van der Waals surface area contributed by atoms with Gasteiger partial charge in [-0.2, -0.15) is 13.2 Å². The molecule has 1 aliphatic heterocycles. The third kappa shape index (κ3) is 5.17. The predicted octanol–water partition coefficient (Wildman–Crippen LogP) is 3.49. The molecule has 162 valence electrons. The van der Waals surface area contributed by atoms with Crippen molar-refractivity contribution < 1.29 is 22.8 Å². The molecule has 6 nitrogen and oxygen atoms in total. The lowest BCUT2D eigenvalue weighted by Gasteiger charge is -2.34. The number of nitrogens with zero attached hydrogens (tertiary/aromatic N) is 4. The Morgan fingerprint density at radius 2 is 1.90 bits per heavy atom. The maximum Gasteiger partial charge on any atom is 0.416 e. The highest BCUT2D eigenvalue weighted by Crippen LogP contribution is 2.30. The third-order valence-corrected chi connectivity index (χ3v) is 5.86. The van der Waals surface area contributed by atoms with Gasteiger partial charge >= 0.3 is 6.18 Å². The molecule has 2 aromatic rings. The van der Waals surface area contributed by atoms with E-state index >= 15 is 0 Å². The molecule has 1 saturated heterocycles. The second-order valence-corrected chi connectivity index (χ2v) is 7.87. The molecule has 1 fully saturated rings. The summed E-state index contributed by atoms with van der Waals surface area (Å²) in [5.41, 5.74) is 0.0802. The normalized spacial score (nSPS) is 15.3. The van der Waals surface area contributed by atoms with E-state index in [-0.39, 0.29) is 11.5 Å². The summed E-state index contributed by atoms with van der Waals surface area (Å²) in [5.74, 6) is -0.447. The minimum Gasteiger partial charge on any atom is -0.336 e. The Morgan fingerprint density at radius 1 is 1.20 bits per heavy atom. The van der Waals surface area contributed by atoms with Gasteiger partial charge in [0.25, 0.3) is 5.91 Å². The number of anilines is 1. The van der Waals surface area contributed by atoms with Gasteiger partial charge in [-0.1, -0.05) is 6.07 Å². The topological polar surface area (TPSA) is 56.8 Å². The smallest absolute Gasteiger partial charge is 0.336 e. The summed E-state index contributed by atoms with van der Waals surface area (Å²) in [6, 6.07) is 4.53. The minimum atomic E-state index is -4.48. The minimum absolute atomic E-state index is 0.0475. The molecule has 1 aromatic carbocycles. The van der Waals surface area contributed by atoms with Crippen LogP contribution in [0, 0.1) is 0 Å². The lowest BCUT2D eigenvalue weighted by Crippen LogP contribution is -2.48. The zero-order chi connectivity index (χ0) is 21.9. The fraction of sp³-hybridized carbons (Fsp3) is 0.450. The Balaban J connectivity index is 1.57. The molecule has 10 heteroatoms. The van der Waals surface area contributed by atoms with Crippen LogP contribution in [0.4, 0.5) is 18.3 Å². The molecule has 0 saturated carbocycles. The molecule has 0 radical (unpaired) electrons. The first kappa shape index (κ1) is 22.2. The summed E-state index contributed by atoms with van der Waals surface area (Å²) < 4.78 is 38.7. The number of hydrogen-bond donors (Lipinski definition) is 0. The van der Waals surface area contributed by atoms with Crippen molar-refractivity contribution in [2.24, 2.45) is 0 Å². The van der Waals surface area contributed by atoms with Gasteiger partial charge in [0.1, 0.15) is 0 Å². The number of piperazine rings is 1. The standard InChI is InChI=1S/C20H23F3N4O2S/c1-3-27(14(2)28)19-24-17(13-30-19)12-25-7-9-26(10-8-25)18(29)15-5-4-6-16(11-15)20(21,22)23/h4-6,11,13H,3,7-10,12H2,1-2H3. The zero-order valence-electron chi connectivity index (χ0n) is 16.8. The molecule has 30 heavy (non-hydrogen) atoms. The van der Waals surface area contributed by atoms with Crippen LogP contribution in [0.3, 0.4) is 0 Å². The largest absolute Gasteiger partial charge is 0.416 e. The van der Waals surface area contributed by atoms with E-state index in [0.29, 0.717) is 44.4 Å². The van der Waals surface area contributed by atoms with Crippen LogP contribution in [0.1, 0.15) is 35.5 Å². The lowest BCUT2D eigenvalue weighted by molar-refractivity contribution is -0.137. The highest BCUT2D eigenvalue weighted by Gasteiger charge is 2.31. The molecule has 0 unspecified atom stereocenters. The van der Waals surface area contributed by atoms with Crippen LogP contribution in [0.2, 0.25) is 0 Å². The number of amides is 2. The molecule has 1 aliphatic rings. The first-order chi connectivity index (χ1) is 14.2. The molecule has 0 aliphatic carbocycles. The average Bonchev–Trinajstić information content (AvgIpc) is 3.15. The SMILES string of the molecule is CCN(C(C)=O)c1nc(CN2CCN(C(=O)c3cccc(C(F)(F)F)c3)CC2)cs1. The van der Waals surface area contributed by atoms with Gasteiger partial charge in [-0.3, -0.25) is 19.4 Å². The van der Waals surface area contributed by atoms with E-state index in [4.69, 9.17) is 0 Å². The van der Waals surface area contributed by atoms with Crippen molar-refractivity contribution in [2.45, 2.75) is 26.6 Å². The van der Waals surface area contributed by atoms with Crippen molar-refractivity contribution in [3.8, 4) is 0 Å². The molecule has 0 bridgehead atoms. The van der Waals surface area contributed by atoms with E-state index in [0.717, 1.165) is 17.8 Å².